The molecular formula is C16H24N2O2. The Morgan fingerprint density at radius 2 is 2.25 bits per heavy atom. The zero-order valence-electron chi connectivity index (χ0n) is 12.4. The first-order valence-corrected chi connectivity index (χ1v) is 7.28. The number of hydrogen-bond acceptors (Lipinski definition) is 3. The molecule has 0 saturated carbocycles. The number of likely N-dealkylation sites (tertiary alicyclic amines) is 1. The van der Waals surface area contributed by atoms with Crippen LogP contribution < -0.4 is 10.5 Å². The molecule has 1 fully saturated rings. The van der Waals surface area contributed by atoms with E-state index >= 15 is 0 Å². The van der Waals surface area contributed by atoms with Crippen LogP contribution in [0.5, 0.6) is 5.75 Å². The topological polar surface area (TPSA) is 55.6 Å². The summed E-state index contributed by atoms with van der Waals surface area (Å²) in [5.41, 5.74) is 7.97. The SMILES string of the molecule is Cc1ccc(OCCC(=O)N2CC[C@@H](CN)C2)c(C)c1. The highest BCUT2D eigenvalue weighted by molar-refractivity contribution is 5.76. The number of ether oxygens (including phenoxy) is 1. The molecule has 4 nitrogen and oxygen atoms in total. The average molecular weight is 276 g/mol. The van der Waals surface area contributed by atoms with Crippen molar-refractivity contribution < 1.29 is 9.53 Å². The number of carbonyl (C=O) groups excluding carboxylic acids is 1. The Morgan fingerprint density at radius 3 is 2.90 bits per heavy atom. The van der Waals surface area contributed by atoms with E-state index in [-0.39, 0.29) is 5.91 Å². The van der Waals surface area contributed by atoms with Crippen molar-refractivity contribution in [2.45, 2.75) is 26.7 Å². The van der Waals surface area contributed by atoms with Crippen LogP contribution in [-0.2, 0) is 4.79 Å². The van der Waals surface area contributed by atoms with E-state index in [1.165, 1.54) is 5.56 Å². The number of carbonyl (C=O) groups is 1. The summed E-state index contributed by atoms with van der Waals surface area (Å²) in [5, 5.41) is 0. The van der Waals surface area contributed by atoms with E-state index in [1.54, 1.807) is 0 Å². The molecule has 1 aliphatic heterocycles. The van der Waals surface area contributed by atoms with Gasteiger partial charge in [0.2, 0.25) is 5.91 Å². The minimum absolute atomic E-state index is 0.172. The Kier molecular flexibility index (Phi) is 5.01. The molecule has 1 aromatic rings. The van der Waals surface area contributed by atoms with Crippen LogP contribution in [0.1, 0.15) is 24.0 Å². The van der Waals surface area contributed by atoms with E-state index in [2.05, 4.69) is 13.0 Å². The molecule has 4 heteroatoms. The maximum absolute atomic E-state index is 12.0. The van der Waals surface area contributed by atoms with Crippen molar-refractivity contribution in [3.63, 3.8) is 0 Å². The van der Waals surface area contributed by atoms with E-state index in [1.807, 2.05) is 24.0 Å². The van der Waals surface area contributed by atoms with Crippen LogP contribution in [-0.4, -0.2) is 37.0 Å². The van der Waals surface area contributed by atoms with Crippen LogP contribution >= 0.6 is 0 Å². The van der Waals surface area contributed by atoms with Crippen molar-refractivity contribution in [2.24, 2.45) is 11.7 Å². The molecule has 0 bridgehead atoms. The van der Waals surface area contributed by atoms with Gasteiger partial charge in [-0.1, -0.05) is 17.7 Å². The van der Waals surface area contributed by atoms with Crippen LogP contribution in [0, 0.1) is 19.8 Å². The molecule has 110 valence electrons. The van der Waals surface area contributed by atoms with Gasteiger partial charge in [0.25, 0.3) is 0 Å². The second-order valence-electron chi connectivity index (χ2n) is 5.60. The highest BCUT2D eigenvalue weighted by Gasteiger charge is 2.24. The van der Waals surface area contributed by atoms with Gasteiger partial charge in [-0.15, -0.1) is 0 Å². The number of aryl methyl sites for hydroxylation is 2. The number of nitrogens with zero attached hydrogens (tertiary/aromatic N) is 1. The molecule has 2 rings (SSSR count). The molecule has 1 amide bonds. The van der Waals surface area contributed by atoms with E-state index in [9.17, 15) is 4.79 Å². The van der Waals surface area contributed by atoms with Gasteiger partial charge in [-0.25, -0.2) is 0 Å². The Morgan fingerprint density at radius 1 is 1.45 bits per heavy atom. The Hall–Kier alpha value is -1.55. The van der Waals surface area contributed by atoms with E-state index in [0.29, 0.717) is 25.5 Å². The van der Waals surface area contributed by atoms with Gasteiger partial charge < -0.3 is 15.4 Å². The molecule has 2 N–H and O–H groups in total. The van der Waals surface area contributed by atoms with Crippen LogP contribution in [0.15, 0.2) is 18.2 Å². The molecular weight excluding hydrogens is 252 g/mol. The van der Waals surface area contributed by atoms with E-state index in [4.69, 9.17) is 10.5 Å². The number of nitrogens with two attached hydrogens (primary N) is 1. The zero-order valence-corrected chi connectivity index (χ0v) is 12.4. The largest absolute Gasteiger partial charge is 0.493 e. The van der Waals surface area contributed by atoms with Crippen molar-refractivity contribution in [3.8, 4) is 5.75 Å². The van der Waals surface area contributed by atoms with Crippen molar-refractivity contribution in [1.29, 1.82) is 0 Å². The standard InChI is InChI=1S/C16H24N2O2/c1-12-3-4-15(13(2)9-12)20-8-6-16(19)18-7-5-14(10-17)11-18/h3-4,9,14H,5-8,10-11,17H2,1-2H3/t14-/m0/s1. The molecule has 0 radical (unpaired) electrons. The second kappa shape index (κ2) is 6.75. The molecule has 1 atom stereocenters. The lowest BCUT2D eigenvalue weighted by Gasteiger charge is -2.16. The summed E-state index contributed by atoms with van der Waals surface area (Å²) in [4.78, 5) is 13.9. The van der Waals surface area contributed by atoms with Gasteiger partial charge in [0.05, 0.1) is 13.0 Å². The first-order valence-electron chi connectivity index (χ1n) is 7.28. The van der Waals surface area contributed by atoms with Gasteiger partial charge in [-0.05, 0) is 44.4 Å². The van der Waals surface area contributed by atoms with Crippen molar-refractivity contribution >= 4 is 5.91 Å². The summed E-state index contributed by atoms with van der Waals surface area (Å²) in [5.74, 6) is 1.51. The fourth-order valence-corrected chi connectivity index (χ4v) is 2.62. The molecule has 20 heavy (non-hydrogen) atoms. The molecule has 1 aliphatic rings. The molecule has 0 unspecified atom stereocenters. The highest BCUT2D eigenvalue weighted by Crippen LogP contribution is 2.19. The lowest BCUT2D eigenvalue weighted by atomic mass is 10.1. The molecule has 0 aliphatic carbocycles. The normalized spacial score (nSPS) is 18.4. The fraction of sp³-hybridized carbons (Fsp3) is 0.562. The Bertz CT molecular complexity index is 474. The predicted molar refractivity (Wildman–Crippen MR) is 79.8 cm³/mol. The smallest absolute Gasteiger partial charge is 0.226 e. The van der Waals surface area contributed by atoms with Gasteiger partial charge in [0, 0.05) is 13.1 Å². The average Bonchev–Trinajstić information content (AvgIpc) is 2.90. The van der Waals surface area contributed by atoms with Gasteiger partial charge in [0.1, 0.15) is 5.75 Å². The molecule has 1 saturated heterocycles. The van der Waals surface area contributed by atoms with Gasteiger partial charge in [0.15, 0.2) is 0 Å². The van der Waals surface area contributed by atoms with Gasteiger partial charge in [-0.2, -0.15) is 0 Å². The summed E-state index contributed by atoms with van der Waals surface area (Å²) in [6, 6.07) is 6.08. The third-order valence-electron chi connectivity index (χ3n) is 3.88. The minimum atomic E-state index is 0.172. The summed E-state index contributed by atoms with van der Waals surface area (Å²) in [6.45, 7) is 6.83. The lowest BCUT2D eigenvalue weighted by Crippen LogP contribution is -2.30. The molecule has 1 aromatic carbocycles. The third-order valence-corrected chi connectivity index (χ3v) is 3.88. The van der Waals surface area contributed by atoms with Crippen molar-refractivity contribution in [1.82, 2.24) is 4.90 Å². The Labute approximate surface area is 120 Å². The summed E-state index contributed by atoms with van der Waals surface area (Å²) >= 11 is 0. The fourth-order valence-electron chi connectivity index (χ4n) is 2.62. The number of amides is 1. The van der Waals surface area contributed by atoms with Crippen molar-refractivity contribution in [2.75, 3.05) is 26.2 Å². The minimum Gasteiger partial charge on any atom is -0.493 e. The quantitative estimate of drug-likeness (QED) is 0.893. The first-order chi connectivity index (χ1) is 9.60. The van der Waals surface area contributed by atoms with Crippen LogP contribution in [0.3, 0.4) is 0 Å². The number of hydrogen-bond donors (Lipinski definition) is 1. The number of benzene rings is 1. The zero-order chi connectivity index (χ0) is 14.5. The first kappa shape index (κ1) is 14.9. The number of rotatable bonds is 5. The maximum atomic E-state index is 12.0. The van der Waals surface area contributed by atoms with Crippen LogP contribution in [0.2, 0.25) is 0 Å². The summed E-state index contributed by atoms with van der Waals surface area (Å²) in [7, 11) is 0. The van der Waals surface area contributed by atoms with E-state index in [0.717, 1.165) is 30.8 Å². The van der Waals surface area contributed by atoms with Gasteiger partial charge in [-0.3, -0.25) is 4.79 Å². The van der Waals surface area contributed by atoms with E-state index < -0.39 is 0 Å². The molecule has 0 aromatic heterocycles. The monoisotopic (exact) mass is 276 g/mol. The van der Waals surface area contributed by atoms with Crippen molar-refractivity contribution in [3.05, 3.63) is 29.3 Å². The Balaban J connectivity index is 1.77. The highest BCUT2D eigenvalue weighted by atomic mass is 16.5. The third kappa shape index (κ3) is 3.73. The summed E-state index contributed by atoms with van der Waals surface area (Å²) < 4.78 is 5.70. The molecule has 0 spiro atoms. The summed E-state index contributed by atoms with van der Waals surface area (Å²) in [6.07, 6.45) is 1.46. The van der Waals surface area contributed by atoms with Crippen LogP contribution in [0.4, 0.5) is 0 Å². The second-order valence-corrected chi connectivity index (χ2v) is 5.60. The molecule has 1 heterocycles. The maximum Gasteiger partial charge on any atom is 0.226 e. The lowest BCUT2D eigenvalue weighted by molar-refractivity contribution is -0.130. The predicted octanol–water partition coefficient (Wildman–Crippen LogP) is 1.88. The van der Waals surface area contributed by atoms with Crippen LogP contribution in [0.25, 0.3) is 0 Å². The van der Waals surface area contributed by atoms with Gasteiger partial charge >= 0.3 is 0 Å².